The molecule has 4 atom stereocenters. The third-order valence-corrected chi connectivity index (χ3v) is 10.3. The number of nitrogens with one attached hydrogen (secondary N) is 2. The van der Waals surface area contributed by atoms with Gasteiger partial charge in [0.1, 0.15) is 16.7 Å². The Balaban J connectivity index is 1.19. The smallest absolute Gasteiger partial charge is 0.246 e. The van der Waals surface area contributed by atoms with E-state index < -0.39 is 23.6 Å². The average molecular weight is 743 g/mol. The fourth-order valence-electron chi connectivity index (χ4n) is 6.19. The van der Waals surface area contributed by atoms with Crippen LogP contribution >= 0.6 is 27.3 Å². The number of β-amino-alcohol motifs (C(OH)–C–C–N with tert-alkyl or cyclic N) is 1. The fourth-order valence-corrected chi connectivity index (χ4v) is 7.30. The van der Waals surface area contributed by atoms with Crippen molar-refractivity contribution in [3.05, 3.63) is 51.7 Å². The van der Waals surface area contributed by atoms with Crippen LogP contribution in [0.2, 0.25) is 0 Å². The minimum absolute atomic E-state index is 0.0156. The maximum absolute atomic E-state index is 14.0. The van der Waals surface area contributed by atoms with E-state index in [9.17, 15) is 19.5 Å². The molecule has 0 saturated carbocycles. The van der Waals surface area contributed by atoms with Gasteiger partial charge in [0.05, 0.1) is 40.5 Å². The van der Waals surface area contributed by atoms with Crippen molar-refractivity contribution in [3.8, 4) is 10.4 Å². The minimum atomic E-state index is -0.896. The van der Waals surface area contributed by atoms with Gasteiger partial charge in [-0.1, -0.05) is 45.0 Å². The second kappa shape index (κ2) is 14.8. The summed E-state index contributed by atoms with van der Waals surface area (Å²) in [5, 5.41) is 24.5. The number of aliphatic hydroxyl groups excluding tert-OH is 1. The van der Waals surface area contributed by atoms with E-state index in [1.165, 1.54) is 4.90 Å². The lowest BCUT2D eigenvalue weighted by atomic mass is 9.85. The van der Waals surface area contributed by atoms with Crippen LogP contribution in [0.5, 0.6) is 0 Å². The van der Waals surface area contributed by atoms with E-state index in [2.05, 4.69) is 46.6 Å². The Labute approximate surface area is 293 Å². The number of nitrogens with zero attached hydrogens (tertiary/aromatic N) is 6. The van der Waals surface area contributed by atoms with E-state index in [0.717, 1.165) is 27.4 Å². The molecule has 258 valence electrons. The number of nitrogen functional groups attached to an aromatic ring is 1. The van der Waals surface area contributed by atoms with Crippen LogP contribution < -0.4 is 21.3 Å². The Bertz CT molecular complexity index is 1620. The summed E-state index contributed by atoms with van der Waals surface area (Å²) in [4.78, 5) is 51.9. The molecule has 2 aliphatic heterocycles. The number of carbonyl (C=O) groups is 3. The zero-order chi connectivity index (χ0) is 34.7. The number of anilines is 2. The molecule has 0 spiro atoms. The number of aliphatic hydroxyl groups is 1. The van der Waals surface area contributed by atoms with Crippen LogP contribution in [0.15, 0.2) is 40.4 Å². The van der Waals surface area contributed by atoms with Gasteiger partial charge in [0.2, 0.25) is 17.7 Å². The van der Waals surface area contributed by atoms with Gasteiger partial charge in [-0.2, -0.15) is 0 Å². The Kier molecular flexibility index (Phi) is 11.0. The monoisotopic (exact) mass is 741 g/mol. The number of thiazole rings is 1. The topological polar surface area (TPSA) is 170 Å². The van der Waals surface area contributed by atoms with Crippen molar-refractivity contribution in [2.24, 2.45) is 5.41 Å². The van der Waals surface area contributed by atoms with Gasteiger partial charge in [0.15, 0.2) is 5.82 Å². The normalized spacial score (nSPS) is 20.0. The molecule has 5 rings (SSSR count). The van der Waals surface area contributed by atoms with Gasteiger partial charge >= 0.3 is 0 Å². The van der Waals surface area contributed by atoms with E-state index in [1.54, 1.807) is 11.3 Å². The Morgan fingerprint density at radius 1 is 1.10 bits per heavy atom. The molecular weight excluding hydrogens is 698 g/mol. The summed E-state index contributed by atoms with van der Waals surface area (Å²) in [7, 11) is 0. The van der Waals surface area contributed by atoms with Crippen molar-refractivity contribution in [1.29, 1.82) is 0 Å². The molecule has 2 saturated heterocycles. The molecule has 1 aromatic carbocycles. The molecule has 4 heterocycles. The number of benzene rings is 1. The Morgan fingerprint density at radius 2 is 1.79 bits per heavy atom. The van der Waals surface area contributed by atoms with Crippen molar-refractivity contribution < 1.29 is 19.5 Å². The van der Waals surface area contributed by atoms with E-state index in [0.29, 0.717) is 36.6 Å². The Hall–Kier alpha value is -3.66. The molecule has 2 aliphatic rings. The van der Waals surface area contributed by atoms with E-state index in [4.69, 9.17) is 5.73 Å². The first-order valence-corrected chi connectivity index (χ1v) is 17.7. The van der Waals surface area contributed by atoms with Crippen LogP contribution in [0.1, 0.15) is 51.4 Å². The number of piperazine rings is 1. The first-order valence-electron chi connectivity index (χ1n) is 16.1. The molecule has 3 aromatic rings. The molecule has 2 unspecified atom stereocenters. The van der Waals surface area contributed by atoms with Gasteiger partial charge in [-0.25, -0.2) is 4.98 Å². The number of aryl methyl sites for hydroxylation is 1. The van der Waals surface area contributed by atoms with Crippen LogP contribution in [0, 0.1) is 12.3 Å². The molecule has 13 nitrogen and oxygen atoms in total. The molecule has 3 amide bonds. The van der Waals surface area contributed by atoms with Crippen LogP contribution in [-0.2, 0) is 14.4 Å². The van der Waals surface area contributed by atoms with Crippen molar-refractivity contribution >= 4 is 56.5 Å². The second-order valence-corrected chi connectivity index (χ2v) is 15.2. The lowest BCUT2D eigenvalue weighted by Crippen LogP contribution is -2.59. The quantitative estimate of drug-likeness (QED) is 0.256. The standard InChI is InChI=1S/C33H44BrN9O4S/c1-19(21-6-8-22(9-7-21)28-20(2)36-18-48-28)37-31(46)25-14-23(44)16-43(25)32(47)29(33(3,4)5)38-27(45)17-41-10-12-42(13-11-41)24-15-26(34)39-40-30(24)35/h6-9,15,18-19,23,25,29,44H,10-14,16-17H2,1-5H3,(H2,35,40)(H,37,46)(H,38,45)/t19?,23-,25+,29?/m1/s1. The van der Waals surface area contributed by atoms with Crippen molar-refractivity contribution in [2.45, 2.75) is 65.3 Å². The zero-order valence-corrected chi connectivity index (χ0v) is 30.3. The third kappa shape index (κ3) is 8.31. The molecule has 15 heteroatoms. The summed E-state index contributed by atoms with van der Waals surface area (Å²) >= 11 is 4.92. The molecule has 0 aliphatic carbocycles. The summed E-state index contributed by atoms with van der Waals surface area (Å²) in [6.07, 6.45) is -0.725. The van der Waals surface area contributed by atoms with Gasteiger partial charge in [-0.15, -0.1) is 21.5 Å². The molecule has 2 aromatic heterocycles. The van der Waals surface area contributed by atoms with Crippen molar-refractivity contribution in [2.75, 3.05) is 49.9 Å². The summed E-state index contributed by atoms with van der Waals surface area (Å²) in [5.41, 5.74) is 10.9. The second-order valence-electron chi connectivity index (χ2n) is 13.6. The summed E-state index contributed by atoms with van der Waals surface area (Å²) in [5.74, 6) is -0.666. The molecule has 2 fully saturated rings. The summed E-state index contributed by atoms with van der Waals surface area (Å²) in [6.45, 7) is 12.2. The van der Waals surface area contributed by atoms with E-state index in [1.807, 2.05) is 75.4 Å². The van der Waals surface area contributed by atoms with Gasteiger partial charge in [-0.05, 0) is 52.4 Å². The number of nitrogens with two attached hydrogens (primary N) is 1. The molecule has 0 radical (unpaired) electrons. The number of hydrogen-bond acceptors (Lipinski definition) is 11. The number of hydrogen-bond donors (Lipinski definition) is 4. The third-order valence-electron chi connectivity index (χ3n) is 8.91. The lowest BCUT2D eigenvalue weighted by Gasteiger charge is -2.37. The molecular formula is C33H44BrN9O4S. The van der Waals surface area contributed by atoms with Crippen LogP contribution in [0.3, 0.4) is 0 Å². The minimum Gasteiger partial charge on any atom is -0.391 e. The highest BCUT2D eigenvalue weighted by atomic mass is 79.9. The molecule has 48 heavy (non-hydrogen) atoms. The van der Waals surface area contributed by atoms with Gasteiger partial charge < -0.3 is 31.3 Å². The maximum Gasteiger partial charge on any atom is 0.246 e. The van der Waals surface area contributed by atoms with Crippen molar-refractivity contribution in [1.82, 2.24) is 35.6 Å². The number of aromatic nitrogens is 3. The molecule has 5 N–H and O–H groups in total. The lowest BCUT2D eigenvalue weighted by molar-refractivity contribution is -0.144. The first kappa shape index (κ1) is 35.6. The fraction of sp³-hybridized carbons (Fsp3) is 0.515. The van der Waals surface area contributed by atoms with Crippen LogP contribution in [-0.4, -0.2) is 105 Å². The first-order chi connectivity index (χ1) is 22.7. The van der Waals surface area contributed by atoms with Crippen LogP contribution in [0.25, 0.3) is 10.4 Å². The highest BCUT2D eigenvalue weighted by Gasteiger charge is 2.44. The number of halogens is 1. The van der Waals surface area contributed by atoms with Gasteiger partial charge in [0.25, 0.3) is 0 Å². The highest BCUT2D eigenvalue weighted by Crippen LogP contribution is 2.30. The van der Waals surface area contributed by atoms with Crippen LogP contribution in [0.4, 0.5) is 11.5 Å². The average Bonchev–Trinajstić information content (AvgIpc) is 3.66. The Morgan fingerprint density at radius 3 is 2.42 bits per heavy atom. The number of amides is 3. The zero-order valence-electron chi connectivity index (χ0n) is 27.9. The number of carbonyl (C=O) groups excluding carboxylic acids is 3. The SMILES string of the molecule is Cc1ncsc1-c1ccc(C(C)NC(=O)[C@@H]2C[C@@H](O)CN2C(=O)C(NC(=O)CN2CCN(c3cc(Br)nnc3N)CC2)C(C)(C)C)cc1. The number of likely N-dealkylation sites (tertiary alicyclic amines) is 1. The molecule has 0 bridgehead atoms. The predicted molar refractivity (Wildman–Crippen MR) is 189 cm³/mol. The highest BCUT2D eigenvalue weighted by molar-refractivity contribution is 9.10. The number of rotatable bonds is 9. The van der Waals surface area contributed by atoms with Gasteiger partial charge in [0, 0.05) is 39.1 Å². The van der Waals surface area contributed by atoms with E-state index >= 15 is 0 Å². The summed E-state index contributed by atoms with van der Waals surface area (Å²) < 4.78 is 0.596. The van der Waals surface area contributed by atoms with Crippen molar-refractivity contribution in [3.63, 3.8) is 0 Å². The maximum atomic E-state index is 14.0. The van der Waals surface area contributed by atoms with E-state index in [-0.39, 0.29) is 43.3 Å². The van der Waals surface area contributed by atoms with Gasteiger partial charge in [-0.3, -0.25) is 19.3 Å². The summed E-state index contributed by atoms with van der Waals surface area (Å²) in [6, 6.07) is 7.72. The predicted octanol–water partition coefficient (Wildman–Crippen LogP) is 2.75. The largest absolute Gasteiger partial charge is 0.391 e.